The van der Waals surface area contributed by atoms with Crippen molar-refractivity contribution in [3.8, 4) is 11.8 Å². The number of hydrogen-bond donors (Lipinski definition) is 0. The highest BCUT2D eigenvalue weighted by Crippen LogP contribution is 2.21. The summed E-state index contributed by atoms with van der Waals surface area (Å²) in [6.07, 6.45) is 0.173. The van der Waals surface area contributed by atoms with Crippen molar-refractivity contribution in [1.29, 1.82) is 5.26 Å². The molecule has 2 aromatic carbocycles. The number of nitrogens with zero attached hydrogens (tertiary/aromatic N) is 2. The molecule has 0 radical (unpaired) electrons. The quantitative estimate of drug-likeness (QED) is 0.629. The predicted octanol–water partition coefficient (Wildman–Crippen LogP) is 3.83. The topological polar surface area (TPSA) is 79.6 Å². The van der Waals surface area contributed by atoms with E-state index in [-0.39, 0.29) is 19.6 Å². The highest BCUT2D eigenvalue weighted by Gasteiger charge is 2.17. The molecule has 0 aliphatic rings. The lowest BCUT2D eigenvalue weighted by molar-refractivity contribution is -0.149. The van der Waals surface area contributed by atoms with Crippen LogP contribution in [0.4, 0.5) is 5.69 Å². The molecule has 28 heavy (non-hydrogen) atoms. The van der Waals surface area contributed by atoms with Crippen molar-refractivity contribution in [2.75, 3.05) is 24.7 Å². The van der Waals surface area contributed by atoms with Crippen molar-refractivity contribution < 1.29 is 19.1 Å². The first kappa shape index (κ1) is 21.3. The lowest BCUT2D eigenvalue weighted by Gasteiger charge is -2.21. The Morgan fingerprint density at radius 3 is 2.46 bits per heavy atom. The normalized spacial score (nSPS) is 10.1. The minimum atomic E-state index is -0.662. The summed E-state index contributed by atoms with van der Waals surface area (Å²) < 4.78 is 10.4. The molecule has 0 N–H and O–H groups in total. The van der Waals surface area contributed by atoms with Crippen LogP contribution in [-0.4, -0.2) is 31.6 Å². The van der Waals surface area contributed by atoms with Gasteiger partial charge in [0.05, 0.1) is 12.5 Å². The molecule has 0 saturated heterocycles. The number of amides is 1. The number of ether oxygens (including phenoxy) is 2. The molecular formula is C21H21ClN2O4. The zero-order valence-electron chi connectivity index (χ0n) is 15.8. The molecule has 0 saturated carbocycles. The van der Waals surface area contributed by atoms with E-state index in [4.69, 9.17) is 26.3 Å². The molecule has 7 heteroatoms. The summed E-state index contributed by atoms with van der Waals surface area (Å²) >= 11 is 5.94. The second kappa shape index (κ2) is 10.3. The van der Waals surface area contributed by atoms with Gasteiger partial charge in [0.2, 0.25) is 0 Å². The van der Waals surface area contributed by atoms with Crippen molar-refractivity contribution in [1.82, 2.24) is 0 Å². The monoisotopic (exact) mass is 400 g/mol. The van der Waals surface area contributed by atoms with Gasteiger partial charge >= 0.3 is 5.97 Å². The Balaban J connectivity index is 1.89. The first-order chi connectivity index (χ1) is 13.4. The number of carbonyl (C=O) groups is 2. The molecule has 0 spiro atoms. The predicted molar refractivity (Wildman–Crippen MR) is 106 cm³/mol. The van der Waals surface area contributed by atoms with E-state index in [0.29, 0.717) is 16.5 Å². The first-order valence-corrected chi connectivity index (χ1v) is 9.07. The molecule has 0 atom stereocenters. The van der Waals surface area contributed by atoms with Crippen LogP contribution in [-0.2, 0) is 14.3 Å². The lowest BCUT2D eigenvalue weighted by atomic mass is 10.2. The average Bonchev–Trinajstić information content (AvgIpc) is 2.68. The summed E-state index contributed by atoms with van der Waals surface area (Å²) in [4.78, 5) is 25.8. The van der Waals surface area contributed by atoms with Crippen LogP contribution in [0.1, 0.15) is 17.5 Å². The Labute approximate surface area is 169 Å². The van der Waals surface area contributed by atoms with E-state index in [2.05, 4.69) is 0 Å². The van der Waals surface area contributed by atoms with Crippen LogP contribution in [0.5, 0.6) is 5.75 Å². The van der Waals surface area contributed by atoms with E-state index < -0.39 is 18.5 Å². The third-order valence-corrected chi connectivity index (χ3v) is 4.36. The van der Waals surface area contributed by atoms with Gasteiger partial charge in [0.15, 0.2) is 13.2 Å². The molecular weight excluding hydrogens is 380 g/mol. The van der Waals surface area contributed by atoms with Crippen LogP contribution >= 0.6 is 11.6 Å². The van der Waals surface area contributed by atoms with Gasteiger partial charge in [0, 0.05) is 17.3 Å². The third kappa shape index (κ3) is 6.29. The summed E-state index contributed by atoms with van der Waals surface area (Å²) in [6, 6.07) is 14.4. The number of carbonyl (C=O) groups excluding carboxylic acids is 2. The van der Waals surface area contributed by atoms with Crippen LogP contribution in [0.3, 0.4) is 0 Å². The van der Waals surface area contributed by atoms with Crippen LogP contribution in [0.2, 0.25) is 5.02 Å². The van der Waals surface area contributed by atoms with Crippen LogP contribution in [0.15, 0.2) is 42.5 Å². The Bertz CT molecular complexity index is 875. The van der Waals surface area contributed by atoms with Gasteiger partial charge in [0.25, 0.3) is 5.91 Å². The largest absolute Gasteiger partial charge is 0.482 e. The second-order valence-corrected chi connectivity index (χ2v) is 6.56. The first-order valence-electron chi connectivity index (χ1n) is 8.69. The van der Waals surface area contributed by atoms with Gasteiger partial charge in [-0.3, -0.25) is 4.79 Å². The minimum absolute atomic E-state index is 0.173. The number of rotatable bonds is 8. The Kier molecular flexibility index (Phi) is 7.85. The lowest BCUT2D eigenvalue weighted by Crippen LogP contribution is -2.36. The molecule has 0 unspecified atom stereocenters. The van der Waals surface area contributed by atoms with E-state index in [9.17, 15) is 9.59 Å². The smallest absolute Gasteiger partial charge is 0.344 e. The molecule has 0 heterocycles. The van der Waals surface area contributed by atoms with E-state index >= 15 is 0 Å². The number of hydrogen-bond acceptors (Lipinski definition) is 5. The number of halogens is 1. The van der Waals surface area contributed by atoms with Crippen LogP contribution in [0.25, 0.3) is 0 Å². The molecule has 0 fully saturated rings. The summed E-state index contributed by atoms with van der Waals surface area (Å²) in [7, 11) is 0. The Hall–Kier alpha value is -3.04. The average molecular weight is 401 g/mol. The van der Waals surface area contributed by atoms with Gasteiger partial charge in [-0.15, -0.1) is 0 Å². The highest BCUT2D eigenvalue weighted by molar-refractivity contribution is 6.31. The fourth-order valence-electron chi connectivity index (χ4n) is 2.40. The standard InChI is InChI=1S/C21H21ClN2O4/c1-15-4-6-17(7-5-15)24(11-3-10-23)20(25)13-28-21(26)14-27-18-8-9-19(22)16(2)12-18/h4-9,12H,3,11,13-14H2,1-2H3. The maximum absolute atomic E-state index is 12.5. The van der Waals surface area contributed by atoms with E-state index in [1.165, 1.54) is 4.90 Å². The van der Waals surface area contributed by atoms with E-state index in [1.54, 1.807) is 30.3 Å². The number of esters is 1. The summed E-state index contributed by atoms with van der Waals surface area (Å²) in [5, 5.41) is 9.43. The van der Waals surface area contributed by atoms with Crippen molar-refractivity contribution in [2.45, 2.75) is 20.3 Å². The van der Waals surface area contributed by atoms with Gasteiger partial charge in [-0.05, 0) is 49.7 Å². The fraction of sp³-hybridized carbons (Fsp3) is 0.286. The van der Waals surface area contributed by atoms with Gasteiger partial charge in [-0.1, -0.05) is 29.3 Å². The fourth-order valence-corrected chi connectivity index (χ4v) is 2.51. The highest BCUT2D eigenvalue weighted by atomic mass is 35.5. The zero-order chi connectivity index (χ0) is 20.5. The molecule has 0 aromatic heterocycles. The number of nitriles is 1. The number of anilines is 1. The van der Waals surface area contributed by atoms with E-state index in [1.807, 2.05) is 32.0 Å². The third-order valence-electron chi connectivity index (χ3n) is 3.94. The summed E-state index contributed by atoms with van der Waals surface area (Å²) in [5.41, 5.74) is 2.53. The van der Waals surface area contributed by atoms with Crippen molar-refractivity contribution in [3.05, 3.63) is 58.6 Å². The van der Waals surface area contributed by atoms with Gasteiger partial charge in [0.1, 0.15) is 5.75 Å². The van der Waals surface area contributed by atoms with Gasteiger partial charge in [-0.25, -0.2) is 4.79 Å². The SMILES string of the molecule is Cc1ccc(N(CCC#N)C(=O)COC(=O)COc2ccc(Cl)c(C)c2)cc1. The van der Waals surface area contributed by atoms with Gasteiger partial charge in [-0.2, -0.15) is 5.26 Å². The Morgan fingerprint density at radius 2 is 1.82 bits per heavy atom. The van der Waals surface area contributed by atoms with Crippen molar-refractivity contribution in [3.63, 3.8) is 0 Å². The molecule has 1 amide bonds. The Morgan fingerprint density at radius 1 is 1.11 bits per heavy atom. The molecule has 6 nitrogen and oxygen atoms in total. The molecule has 0 aliphatic heterocycles. The van der Waals surface area contributed by atoms with Crippen LogP contribution < -0.4 is 9.64 Å². The maximum atomic E-state index is 12.5. The summed E-state index contributed by atoms with van der Waals surface area (Å²) in [6.45, 7) is 3.23. The summed E-state index contributed by atoms with van der Waals surface area (Å²) in [5.74, 6) is -0.583. The molecule has 2 aromatic rings. The maximum Gasteiger partial charge on any atom is 0.344 e. The second-order valence-electron chi connectivity index (χ2n) is 6.15. The van der Waals surface area contributed by atoms with Crippen LogP contribution in [0, 0.1) is 25.2 Å². The molecule has 0 aliphatic carbocycles. The van der Waals surface area contributed by atoms with Crippen molar-refractivity contribution >= 4 is 29.2 Å². The van der Waals surface area contributed by atoms with Gasteiger partial charge < -0.3 is 14.4 Å². The molecule has 2 rings (SSSR count). The molecule has 146 valence electrons. The minimum Gasteiger partial charge on any atom is -0.482 e. The molecule has 0 bridgehead atoms. The number of benzene rings is 2. The number of aryl methyl sites for hydroxylation is 2. The van der Waals surface area contributed by atoms with Crippen molar-refractivity contribution in [2.24, 2.45) is 0 Å². The zero-order valence-corrected chi connectivity index (χ0v) is 16.5. The van der Waals surface area contributed by atoms with E-state index in [0.717, 1.165) is 11.1 Å².